The fourth-order valence-electron chi connectivity index (χ4n) is 3.21. The van der Waals surface area contributed by atoms with E-state index in [-0.39, 0.29) is 17.8 Å². The topological polar surface area (TPSA) is 108 Å². The lowest BCUT2D eigenvalue weighted by Crippen LogP contribution is -2.43. The minimum atomic E-state index is -0.361. The molecule has 8 nitrogen and oxygen atoms in total. The van der Waals surface area contributed by atoms with Crippen molar-refractivity contribution in [1.29, 1.82) is 0 Å². The van der Waals surface area contributed by atoms with E-state index in [1.54, 1.807) is 24.3 Å². The molecule has 8 heteroatoms. The number of amides is 4. The van der Waals surface area contributed by atoms with Crippen LogP contribution in [0.3, 0.4) is 0 Å². The van der Waals surface area contributed by atoms with E-state index in [1.807, 2.05) is 25.1 Å². The van der Waals surface area contributed by atoms with Crippen LogP contribution in [0, 0.1) is 0 Å². The zero-order valence-corrected chi connectivity index (χ0v) is 16.1. The lowest BCUT2D eigenvalue weighted by atomic mass is 9.93. The number of hydrogen-bond donors (Lipinski definition) is 3. The molecule has 148 valence electrons. The van der Waals surface area contributed by atoms with Gasteiger partial charge in [0.1, 0.15) is 0 Å². The van der Waals surface area contributed by atoms with E-state index in [1.165, 1.54) is 4.90 Å². The number of likely N-dealkylation sites (N-methyl/N-ethyl adjacent to an activating group) is 1. The van der Waals surface area contributed by atoms with E-state index >= 15 is 0 Å². The van der Waals surface area contributed by atoms with Crippen LogP contribution in [0.1, 0.15) is 27.1 Å². The Morgan fingerprint density at radius 3 is 2.61 bits per heavy atom. The van der Waals surface area contributed by atoms with Crippen molar-refractivity contribution in [2.75, 3.05) is 45.6 Å². The van der Waals surface area contributed by atoms with Gasteiger partial charge in [0.25, 0.3) is 11.8 Å². The Balaban J connectivity index is 1.94. The maximum atomic E-state index is 13.0. The predicted molar refractivity (Wildman–Crippen MR) is 109 cm³/mol. The van der Waals surface area contributed by atoms with Crippen LogP contribution in [0.4, 0.5) is 10.5 Å². The highest BCUT2D eigenvalue weighted by molar-refractivity contribution is 6.26. The SMILES string of the molecule is CN(C)CCN1C(=O)c2cccc3cc(NC(=O)NCCCN)cc(c23)C1=O. The molecule has 2 aromatic rings. The van der Waals surface area contributed by atoms with Crippen molar-refractivity contribution < 1.29 is 14.4 Å². The van der Waals surface area contributed by atoms with Crippen molar-refractivity contribution in [2.45, 2.75) is 6.42 Å². The van der Waals surface area contributed by atoms with Crippen LogP contribution in [-0.2, 0) is 0 Å². The van der Waals surface area contributed by atoms with Crippen LogP contribution in [0.25, 0.3) is 10.8 Å². The van der Waals surface area contributed by atoms with Crippen LogP contribution < -0.4 is 16.4 Å². The summed E-state index contributed by atoms with van der Waals surface area (Å²) in [6, 6.07) is 8.38. The summed E-state index contributed by atoms with van der Waals surface area (Å²) in [5.41, 5.74) is 6.85. The molecule has 1 aliphatic rings. The Morgan fingerprint density at radius 2 is 1.89 bits per heavy atom. The maximum Gasteiger partial charge on any atom is 0.319 e. The van der Waals surface area contributed by atoms with Gasteiger partial charge in [-0.25, -0.2) is 4.79 Å². The minimum Gasteiger partial charge on any atom is -0.338 e. The molecule has 0 bridgehead atoms. The highest BCUT2D eigenvalue weighted by atomic mass is 16.2. The first kappa shape index (κ1) is 19.8. The summed E-state index contributed by atoms with van der Waals surface area (Å²) in [4.78, 5) is 41.1. The second-order valence-electron chi connectivity index (χ2n) is 7.02. The summed E-state index contributed by atoms with van der Waals surface area (Å²) in [5, 5.41) is 6.84. The lowest BCUT2D eigenvalue weighted by Gasteiger charge is -2.28. The van der Waals surface area contributed by atoms with Crippen molar-refractivity contribution in [1.82, 2.24) is 15.1 Å². The zero-order chi connectivity index (χ0) is 20.3. The molecule has 4 amide bonds. The monoisotopic (exact) mass is 383 g/mol. The lowest BCUT2D eigenvalue weighted by molar-refractivity contribution is 0.0601. The van der Waals surface area contributed by atoms with Crippen LogP contribution in [0.2, 0.25) is 0 Å². The normalized spacial score (nSPS) is 13.4. The number of urea groups is 1. The summed E-state index contributed by atoms with van der Waals surface area (Å²) >= 11 is 0. The van der Waals surface area contributed by atoms with Gasteiger partial charge in [-0.1, -0.05) is 12.1 Å². The highest BCUT2D eigenvalue weighted by Crippen LogP contribution is 2.32. The molecule has 2 aromatic carbocycles. The van der Waals surface area contributed by atoms with Crippen molar-refractivity contribution in [3.8, 4) is 0 Å². The Bertz CT molecular complexity index is 925. The molecular weight excluding hydrogens is 358 g/mol. The molecule has 0 aliphatic carbocycles. The molecule has 3 rings (SSSR count). The van der Waals surface area contributed by atoms with E-state index in [0.717, 1.165) is 5.39 Å². The molecular formula is C20H25N5O3. The number of nitrogens with one attached hydrogen (secondary N) is 2. The maximum absolute atomic E-state index is 13.0. The van der Waals surface area contributed by atoms with Crippen molar-refractivity contribution in [3.63, 3.8) is 0 Å². The Kier molecular flexibility index (Phi) is 5.91. The fourth-order valence-corrected chi connectivity index (χ4v) is 3.21. The van der Waals surface area contributed by atoms with Crippen molar-refractivity contribution in [2.24, 2.45) is 5.73 Å². The third kappa shape index (κ3) is 3.97. The summed E-state index contributed by atoms with van der Waals surface area (Å²) < 4.78 is 0. The Labute approximate surface area is 163 Å². The van der Waals surface area contributed by atoms with Crippen LogP contribution in [0.5, 0.6) is 0 Å². The predicted octanol–water partition coefficient (Wildman–Crippen LogP) is 1.47. The number of nitrogens with zero attached hydrogens (tertiary/aromatic N) is 2. The first-order chi connectivity index (χ1) is 13.4. The van der Waals surface area contributed by atoms with E-state index < -0.39 is 0 Å². The van der Waals surface area contributed by atoms with Gasteiger partial charge in [-0.2, -0.15) is 0 Å². The number of benzene rings is 2. The van der Waals surface area contributed by atoms with Gasteiger partial charge in [0, 0.05) is 36.3 Å². The van der Waals surface area contributed by atoms with Gasteiger partial charge in [0.15, 0.2) is 0 Å². The number of nitrogens with two attached hydrogens (primary N) is 1. The number of carbonyl (C=O) groups excluding carboxylic acids is 3. The summed E-state index contributed by atoms with van der Waals surface area (Å²) in [6.07, 6.45) is 0.682. The summed E-state index contributed by atoms with van der Waals surface area (Å²) in [5.74, 6) is -0.632. The Hall–Kier alpha value is -2.97. The third-order valence-electron chi connectivity index (χ3n) is 4.62. The number of hydrogen-bond acceptors (Lipinski definition) is 5. The van der Waals surface area contributed by atoms with Gasteiger partial charge in [-0.05, 0) is 50.6 Å². The molecule has 0 saturated heterocycles. The first-order valence-corrected chi connectivity index (χ1v) is 9.25. The second kappa shape index (κ2) is 8.37. The average Bonchev–Trinajstić information content (AvgIpc) is 2.65. The number of anilines is 1. The fraction of sp³-hybridized carbons (Fsp3) is 0.350. The Morgan fingerprint density at radius 1 is 1.14 bits per heavy atom. The van der Waals surface area contributed by atoms with E-state index in [2.05, 4.69) is 10.6 Å². The number of carbonyl (C=O) groups is 3. The number of rotatable bonds is 7. The second-order valence-corrected chi connectivity index (χ2v) is 7.02. The molecule has 28 heavy (non-hydrogen) atoms. The van der Waals surface area contributed by atoms with Gasteiger partial charge in [-0.15, -0.1) is 0 Å². The van der Waals surface area contributed by atoms with E-state index in [4.69, 9.17) is 5.73 Å². The van der Waals surface area contributed by atoms with Gasteiger partial charge in [0.2, 0.25) is 0 Å². The van der Waals surface area contributed by atoms with Crippen molar-refractivity contribution >= 4 is 34.3 Å². The smallest absolute Gasteiger partial charge is 0.319 e. The van der Waals surface area contributed by atoms with Gasteiger partial charge in [-0.3, -0.25) is 14.5 Å². The molecule has 0 aromatic heterocycles. The number of imide groups is 1. The zero-order valence-electron chi connectivity index (χ0n) is 16.1. The van der Waals surface area contributed by atoms with E-state index in [9.17, 15) is 14.4 Å². The van der Waals surface area contributed by atoms with Crippen LogP contribution in [0.15, 0.2) is 30.3 Å². The van der Waals surface area contributed by atoms with Gasteiger partial charge in [0.05, 0.1) is 5.56 Å². The molecule has 0 atom stereocenters. The van der Waals surface area contributed by atoms with E-state index in [0.29, 0.717) is 54.8 Å². The first-order valence-electron chi connectivity index (χ1n) is 9.25. The molecule has 1 aliphatic heterocycles. The highest BCUT2D eigenvalue weighted by Gasteiger charge is 2.33. The standard InChI is InChI=1S/C20H25N5O3/c1-24(2)9-10-25-18(26)15-6-3-5-13-11-14(12-16(17(13)15)19(25)27)23-20(28)22-8-4-7-21/h3,5-6,11-12H,4,7-10,21H2,1-2H3,(H2,22,23,28). The van der Waals surface area contributed by atoms with Crippen molar-refractivity contribution in [3.05, 3.63) is 41.5 Å². The third-order valence-corrected chi connectivity index (χ3v) is 4.62. The van der Waals surface area contributed by atoms with Crippen LogP contribution >= 0.6 is 0 Å². The quantitative estimate of drug-likeness (QED) is 0.496. The molecule has 0 fully saturated rings. The molecule has 1 heterocycles. The summed E-state index contributed by atoms with van der Waals surface area (Å²) in [7, 11) is 3.78. The largest absolute Gasteiger partial charge is 0.338 e. The van der Waals surface area contributed by atoms with Gasteiger partial charge < -0.3 is 21.3 Å². The molecule has 0 spiro atoms. The molecule has 0 unspecified atom stereocenters. The molecule has 0 saturated carbocycles. The van der Waals surface area contributed by atoms with Crippen LogP contribution in [-0.4, -0.2) is 67.9 Å². The minimum absolute atomic E-state index is 0.287. The summed E-state index contributed by atoms with van der Waals surface area (Å²) in [6.45, 7) is 1.84. The average molecular weight is 383 g/mol. The van der Waals surface area contributed by atoms with Gasteiger partial charge >= 0.3 is 6.03 Å². The molecule has 4 N–H and O–H groups in total. The molecule has 0 radical (unpaired) electrons.